The van der Waals surface area contributed by atoms with Crippen molar-refractivity contribution in [3.8, 4) is 11.5 Å². The van der Waals surface area contributed by atoms with Gasteiger partial charge in [-0.2, -0.15) is 0 Å². The lowest BCUT2D eigenvalue weighted by Crippen LogP contribution is -2.40. The fourth-order valence-corrected chi connectivity index (χ4v) is 2.87. The number of ether oxygens (including phenoxy) is 2. The molecule has 0 saturated carbocycles. The number of likely N-dealkylation sites (tertiary alicyclic amines) is 1. The number of aliphatic carboxylic acids is 1. The standard InChI is InChI=1S/C17H23NO5/c1-3-23-15-11-13(22-2)8-6-12(15)7-9-16(19)18-10-4-5-14(18)17(20)21/h6,8,11,14H,3-5,7,9-10H2,1-2H3,(H,20,21). The smallest absolute Gasteiger partial charge is 0.326 e. The number of carboxylic acid groups (broad SMARTS) is 1. The van der Waals surface area contributed by atoms with E-state index in [0.29, 0.717) is 37.5 Å². The average Bonchev–Trinajstić information content (AvgIpc) is 3.03. The van der Waals surface area contributed by atoms with Gasteiger partial charge in [0.25, 0.3) is 0 Å². The number of carboxylic acids is 1. The molecule has 1 atom stereocenters. The number of hydrogen-bond donors (Lipinski definition) is 1. The Bertz CT molecular complexity index is 572. The summed E-state index contributed by atoms with van der Waals surface area (Å²) in [7, 11) is 1.59. The third-order valence-corrected chi connectivity index (χ3v) is 4.04. The number of hydrogen-bond acceptors (Lipinski definition) is 4. The van der Waals surface area contributed by atoms with Crippen LogP contribution in [0, 0.1) is 0 Å². The summed E-state index contributed by atoms with van der Waals surface area (Å²) in [5.41, 5.74) is 0.923. The molecule has 0 bridgehead atoms. The van der Waals surface area contributed by atoms with Crippen molar-refractivity contribution in [2.24, 2.45) is 0 Å². The molecule has 0 spiro atoms. The van der Waals surface area contributed by atoms with Crippen LogP contribution in [-0.2, 0) is 16.0 Å². The van der Waals surface area contributed by atoms with Crippen molar-refractivity contribution in [2.75, 3.05) is 20.3 Å². The number of rotatable bonds is 7. The zero-order chi connectivity index (χ0) is 16.8. The van der Waals surface area contributed by atoms with Gasteiger partial charge in [-0.3, -0.25) is 4.79 Å². The SMILES string of the molecule is CCOc1cc(OC)ccc1CCC(=O)N1CCCC1C(=O)O. The zero-order valence-corrected chi connectivity index (χ0v) is 13.6. The molecule has 0 radical (unpaired) electrons. The highest BCUT2D eigenvalue weighted by atomic mass is 16.5. The van der Waals surface area contributed by atoms with Gasteiger partial charge in [-0.05, 0) is 37.8 Å². The number of carbonyl (C=O) groups excluding carboxylic acids is 1. The van der Waals surface area contributed by atoms with Crippen LogP contribution >= 0.6 is 0 Å². The van der Waals surface area contributed by atoms with Gasteiger partial charge in [0.05, 0.1) is 13.7 Å². The molecule has 23 heavy (non-hydrogen) atoms. The first-order chi connectivity index (χ1) is 11.1. The minimum atomic E-state index is -0.921. The van der Waals surface area contributed by atoms with Crippen molar-refractivity contribution in [3.05, 3.63) is 23.8 Å². The predicted octanol–water partition coefficient (Wildman–Crippen LogP) is 2.10. The third kappa shape index (κ3) is 4.15. The Morgan fingerprint density at radius 3 is 2.83 bits per heavy atom. The fraction of sp³-hybridized carbons (Fsp3) is 0.529. The fourth-order valence-electron chi connectivity index (χ4n) is 2.87. The number of benzene rings is 1. The molecule has 2 rings (SSSR count). The molecular formula is C17H23NO5. The summed E-state index contributed by atoms with van der Waals surface area (Å²) in [6.07, 6.45) is 2.07. The molecule has 1 aliphatic rings. The van der Waals surface area contributed by atoms with E-state index in [2.05, 4.69) is 0 Å². The topological polar surface area (TPSA) is 76.1 Å². The van der Waals surface area contributed by atoms with Crippen LogP contribution in [0.4, 0.5) is 0 Å². The Kier molecular flexibility index (Phi) is 5.84. The average molecular weight is 321 g/mol. The molecule has 0 aromatic heterocycles. The summed E-state index contributed by atoms with van der Waals surface area (Å²) in [6.45, 7) is 2.95. The normalized spacial score (nSPS) is 17.1. The van der Waals surface area contributed by atoms with E-state index in [1.807, 2.05) is 19.1 Å². The quantitative estimate of drug-likeness (QED) is 0.832. The van der Waals surface area contributed by atoms with Crippen LogP contribution in [-0.4, -0.2) is 48.2 Å². The molecule has 1 fully saturated rings. The minimum Gasteiger partial charge on any atom is -0.497 e. The van der Waals surface area contributed by atoms with Crippen LogP contribution in [0.1, 0.15) is 31.7 Å². The highest BCUT2D eigenvalue weighted by Gasteiger charge is 2.33. The van der Waals surface area contributed by atoms with Crippen molar-refractivity contribution < 1.29 is 24.2 Å². The molecule has 6 heteroatoms. The first kappa shape index (κ1) is 17.1. The summed E-state index contributed by atoms with van der Waals surface area (Å²) in [5.74, 6) is 0.369. The largest absolute Gasteiger partial charge is 0.497 e. The van der Waals surface area contributed by atoms with Crippen molar-refractivity contribution in [1.29, 1.82) is 0 Å². The minimum absolute atomic E-state index is 0.117. The number of methoxy groups -OCH3 is 1. The summed E-state index contributed by atoms with van der Waals surface area (Å²) in [4.78, 5) is 25.0. The highest BCUT2D eigenvalue weighted by molar-refractivity contribution is 5.84. The third-order valence-electron chi connectivity index (χ3n) is 4.04. The molecule has 1 heterocycles. The van der Waals surface area contributed by atoms with Gasteiger partial charge in [-0.1, -0.05) is 6.07 Å². The van der Waals surface area contributed by atoms with Gasteiger partial charge in [0.15, 0.2) is 0 Å². The van der Waals surface area contributed by atoms with Crippen molar-refractivity contribution in [1.82, 2.24) is 4.90 Å². The number of amides is 1. The molecule has 6 nitrogen and oxygen atoms in total. The molecule has 1 unspecified atom stereocenters. The molecular weight excluding hydrogens is 298 g/mol. The maximum absolute atomic E-state index is 12.3. The van der Waals surface area contributed by atoms with E-state index in [-0.39, 0.29) is 12.3 Å². The van der Waals surface area contributed by atoms with E-state index in [1.54, 1.807) is 13.2 Å². The summed E-state index contributed by atoms with van der Waals surface area (Å²) >= 11 is 0. The second-order valence-corrected chi connectivity index (χ2v) is 5.49. The Balaban J connectivity index is 2.02. The molecule has 126 valence electrons. The number of aryl methyl sites for hydroxylation is 1. The second kappa shape index (κ2) is 7.85. The Hall–Kier alpha value is -2.24. The van der Waals surface area contributed by atoms with Gasteiger partial charge in [0.1, 0.15) is 17.5 Å². The second-order valence-electron chi connectivity index (χ2n) is 5.49. The van der Waals surface area contributed by atoms with Crippen LogP contribution in [0.3, 0.4) is 0 Å². The van der Waals surface area contributed by atoms with Gasteiger partial charge >= 0.3 is 5.97 Å². The number of carbonyl (C=O) groups is 2. The maximum Gasteiger partial charge on any atom is 0.326 e. The van der Waals surface area contributed by atoms with Crippen LogP contribution in [0.5, 0.6) is 11.5 Å². The monoisotopic (exact) mass is 321 g/mol. The van der Waals surface area contributed by atoms with E-state index in [0.717, 1.165) is 12.0 Å². The van der Waals surface area contributed by atoms with Gasteiger partial charge in [-0.25, -0.2) is 4.79 Å². The van der Waals surface area contributed by atoms with Crippen molar-refractivity contribution in [2.45, 2.75) is 38.6 Å². The molecule has 1 aliphatic heterocycles. The van der Waals surface area contributed by atoms with Crippen molar-refractivity contribution >= 4 is 11.9 Å². The van der Waals surface area contributed by atoms with E-state index in [9.17, 15) is 9.59 Å². The molecule has 1 amide bonds. The highest BCUT2D eigenvalue weighted by Crippen LogP contribution is 2.27. The Labute approximate surface area is 136 Å². The summed E-state index contributed by atoms with van der Waals surface area (Å²) < 4.78 is 10.8. The lowest BCUT2D eigenvalue weighted by molar-refractivity contribution is -0.148. The molecule has 0 aliphatic carbocycles. The van der Waals surface area contributed by atoms with E-state index in [1.165, 1.54) is 4.90 Å². The van der Waals surface area contributed by atoms with Crippen LogP contribution in [0.15, 0.2) is 18.2 Å². The first-order valence-electron chi connectivity index (χ1n) is 7.88. The van der Waals surface area contributed by atoms with Gasteiger partial charge in [-0.15, -0.1) is 0 Å². The van der Waals surface area contributed by atoms with Gasteiger partial charge in [0.2, 0.25) is 5.91 Å². The number of nitrogens with zero attached hydrogens (tertiary/aromatic N) is 1. The van der Waals surface area contributed by atoms with Crippen LogP contribution in [0.2, 0.25) is 0 Å². The van der Waals surface area contributed by atoms with E-state index >= 15 is 0 Å². The lowest BCUT2D eigenvalue weighted by Gasteiger charge is -2.21. The molecule has 1 N–H and O–H groups in total. The zero-order valence-electron chi connectivity index (χ0n) is 13.6. The summed E-state index contributed by atoms with van der Waals surface area (Å²) in [5, 5.41) is 9.16. The molecule has 1 aromatic carbocycles. The lowest BCUT2D eigenvalue weighted by atomic mass is 10.1. The molecule has 1 saturated heterocycles. The Morgan fingerprint density at radius 2 is 2.17 bits per heavy atom. The van der Waals surface area contributed by atoms with Gasteiger partial charge < -0.3 is 19.5 Å². The molecule has 1 aromatic rings. The van der Waals surface area contributed by atoms with E-state index in [4.69, 9.17) is 14.6 Å². The van der Waals surface area contributed by atoms with Crippen molar-refractivity contribution in [3.63, 3.8) is 0 Å². The summed E-state index contributed by atoms with van der Waals surface area (Å²) in [6, 6.07) is 4.84. The van der Waals surface area contributed by atoms with Crippen LogP contribution < -0.4 is 9.47 Å². The van der Waals surface area contributed by atoms with Gasteiger partial charge in [0, 0.05) is 19.0 Å². The predicted molar refractivity (Wildman–Crippen MR) is 84.9 cm³/mol. The Morgan fingerprint density at radius 1 is 1.39 bits per heavy atom. The first-order valence-corrected chi connectivity index (χ1v) is 7.88. The van der Waals surface area contributed by atoms with Crippen LogP contribution in [0.25, 0.3) is 0 Å². The van der Waals surface area contributed by atoms with E-state index < -0.39 is 12.0 Å². The maximum atomic E-state index is 12.3.